The molecule has 2 nitrogen and oxygen atoms in total. The second kappa shape index (κ2) is 4.32. The molecule has 2 saturated carbocycles. The van der Waals surface area contributed by atoms with Crippen LogP contribution < -0.4 is 11.1 Å². The number of nitrogens with two attached hydrogens (primary N) is 1. The fourth-order valence-electron chi connectivity index (χ4n) is 4.54. The van der Waals surface area contributed by atoms with E-state index in [0.717, 1.165) is 24.4 Å². The number of rotatable bonds is 3. The van der Waals surface area contributed by atoms with E-state index in [1.54, 1.807) is 11.1 Å². The molecular weight excluding hydrogens is 232 g/mol. The van der Waals surface area contributed by atoms with Gasteiger partial charge in [-0.1, -0.05) is 24.3 Å². The first-order chi connectivity index (χ1) is 9.32. The van der Waals surface area contributed by atoms with Crippen LogP contribution in [0.3, 0.4) is 0 Å². The Morgan fingerprint density at radius 2 is 1.58 bits per heavy atom. The largest absolute Gasteiger partial charge is 0.329 e. The number of hydrogen-bond acceptors (Lipinski definition) is 2. The number of fused-ring (bicyclic) bond motifs is 3. The third kappa shape index (κ3) is 1.85. The summed E-state index contributed by atoms with van der Waals surface area (Å²) in [5.41, 5.74) is 9.65. The number of nitrogens with one attached hydrogen (secondary N) is 1. The Morgan fingerprint density at radius 3 is 2.05 bits per heavy atom. The van der Waals surface area contributed by atoms with Crippen LogP contribution in [0.5, 0.6) is 0 Å². The van der Waals surface area contributed by atoms with Crippen LogP contribution in [0, 0.1) is 11.8 Å². The summed E-state index contributed by atoms with van der Waals surface area (Å²) in [6.45, 7) is 0.812. The highest BCUT2D eigenvalue weighted by Crippen LogP contribution is 2.48. The van der Waals surface area contributed by atoms with Gasteiger partial charge >= 0.3 is 0 Å². The van der Waals surface area contributed by atoms with Crippen LogP contribution in [-0.2, 0) is 12.8 Å². The maximum atomic E-state index is 6.28. The minimum Gasteiger partial charge on any atom is -0.329 e. The minimum atomic E-state index is 0.222. The lowest BCUT2D eigenvalue weighted by atomic mass is 9.78. The van der Waals surface area contributed by atoms with E-state index in [2.05, 4.69) is 29.6 Å². The van der Waals surface area contributed by atoms with Gasteiger partial charge < -0.3 is 11.1 Å². The molecule has 2 fully saturated rings. The van der Waals surface area contributed by atoms with Crippen molar-refractivity contribution in [3.63, 3.8) is 0 Å². The molecular formula is C17H24N2. The van der Waals surface area contributed by atoms with E-state index in [0.29, 0.717) is 0 Å². The molecule has 19 heavy (non-hydrogen) atoms. The molecule has 2 heteroatoms. The first-order valence-corrected chi connectivity index (χ1v) is 7.86. The topological polar surface area (TPSA) is 38.0 Å². The van der Waals surface area contributed by atoms with Crippen LogP contribution in [0.1, 0.15) is 36.8 Å². The Bertz CT molecular complexity index is 445. The summed E-state index contributed by atoms with van der Waals surface area (Å²) in [6, 6.07) is 9.79. The SMILES string of the molecule is NCC1(NC2CC2)C2CCC1Cc1ccccc1C2. The molecule has 0 aromatic heterocycles. The predicted molar refractivity (Wildman–Crippen MR) is 78.0 cm³/mol. The summed E-state index contributed by atoms with van der Waals surface area (Å²) >= 11 is 0. The standard InChI is InChI=1S/C17H24N2/c18-11-17(19-16-7-8-16)14-5-6-15(17)10-13-4-2-1-3-12(13)9-14/h1-4,14-16,19H,5-11,18H2. The molecule has 0 heterocycles. The van der Waals surface area contributed by atoms with Crippen LogP contribution in [-0.4, -0.2) is 18.1 Å². The van der Waals surface area contributed by atoms with E-state index in [-0.39, 0.29) is 5.54 Å². The maximum absolute atomic E-state index is 6.28. The lowest BCUT2D eigenvalue weighted by Crippen LogP contribution is -2.59. The number of hydrogen-bond donors (Lipinski definition) is 2. The van der Waals surface area contributed by atoms with Crippen LogP contribution in [0.4, 0.5) is 0 Å². The van der Waals surface area contributed by atoms with Crippen molar-refractivity contribution in [2.24, 2.45) is 17.6 Å². The summed E-state index contributed by atoms with van der Waals surface area (Å²) in [7, 11) is 0. The van der Waals surface area contributed by atoms with Gasteiger partial charge in [-0.2, -0.15) is 0 Å². The molecule has 2 bridgehead atoms. The highest BCUT2D eigenvalue weighted by molar-refractivity contribution is 5.32. The van der Waals surface area contributed by atoms with Gasteiger partial charge in [0.15, 0.2) is 0 Å². The Kier molecular flexibility index (Phi) is 2.71. The zero-order chi connectivity index (χ0) is 12.9. The molecule has 3 N–H and O–H groups in total. The quantitative estimate of drug-likeness (QED) is 0.870. The zero-order valence-corrected chi connectivity index (χ0v) is 11.6. The van der Waals surface area contributed by atoms with Gasteiger partial charge in [0.2, 0.25) is 0 Å². The highest BCUT2D eigenvalue weighted by atomic mass is 15.1. The maximum Gasteiger partial charge on any atom is 0.0369 e. The third-order valence-corrected chi connectivity index (χ3v) is 5.76. The third-order valence-electron chi connectivity index (χ3n) is 5.76. The Balaban J connectivity index is 1.71. The molecule has 2 atom stereocenters. The van der Waals surface area contributed by atoms with Gasteiger partial charge in [0.05, 0.1) is 0 Å². The lowest BCUT2D eigenvalue weighted by Gasteiger charge is -2.39. The Morgan fingerprint density at radius 1 is 1.00 bits per heavy atom. The van der Waals surface area contributed by atoms with Crippen molar-refractivity contribution in [2.75, 3.05) is 6.54 Å². The van der Waals surface area contributed by atoms with Crippen LogP contribution >= 0.6 is 0 Å². The van der Waals surface area contributed by atoms with E-state index in [9.17, 15) is 0 Å². The highest BCUT2D eigenvalue weighted by Gasteiger charge is 2.52. The Labute approximate surface area is 115 Å². The van der Waals surface area contributed by atoms with Crippen molar-refractivity contribution in [2.45, 2.75) is 50.1 Å². The van der Waals surface area contributed by atoms with Crippen molar-refractivity contribution in [1.82, 2.24) is 5.32 Å². The van der Waals surface area contributed by atoms with E-state index >= 15 is 0 Å². The lowest BCUT2D eigenvalue weighted by molar-refractivity contribution is 0.192. The van der Waals surface area contributed by atoms with Gasteiger partial charge in [0, 0.05) is 18.1 Å². The van der Waals surface area contributed by atoms with Gasteiger partial charge in [-0.05, 0) is 61.5 Å². The molecule has 0 amide bonds. The monoisotopic (exact) mass is 256 g/mol. The molecule has 0 radical (unpaired) electrons. The Hall–Kier alpha value is -0.860. The average molecular weight is 256 g/mol. The first kappa shape index (κ1) is 11.9. The summed E-state index contributed by atoms with van der Waals surface area (Å²) < 4.78 is 0. The van der Waals surface area contributed by atoms with Gasteiger partial charge in [-0.15, -0.1) is 0 Å². The number of benzene rings is 1. The summed E-state index contributed by atoms with van der Waals surface area (Å²) in [6.07, 6.45) is 7.88. The molecule has 1 aromatic rings. The molecule has 2 unspecified atom stereocenters. The molecule has 3 aliphatic carbocycles. The molecule has 102 valence electrons. The van der Waals surface area contributed by atoms with Crippen molar-refractivity contribution in [3.8, 4) is 0 Å². The van der Waals surface area contributed by atoms with E-state index in [4.69, 9.17) is 5.73 Å². The fourth-order valence-corrected chi connectivity index (χ4v) is 4.54. The molecule has 1 aromatic carbocycles. The molecule has 0 spiro atoms. The minimum absolute atomic E-state index is 0.222. The van der Waals surface area contributed by atoms with Crippen molar-refractivity contribution in [1.29, 1.82) is 0 Å². The van der Waals surface area contributed by atoms with Gasteiger partial charge in [0.25, 0.3) is 0 Å². The van der Waals surface area contributed by atoms with Gasteiger partial charge in [0.1, 0.15) is 0 Å². The molecule has 0 saturated heterocycles. The molecule has 0 aliphatic heterocycles. The van der Waals surface area contributed by atoms with E-state index in [1.165, 1.54) is 38.5 Å². The second-order valence-corrected chi connectivity index (χ2v) is 6.81. The zero-order valence-electron chi connectivity index (χ0n) is 11.6. The summed E-state index contributed by atoms with van der Waals surface area (Å²) in [4.78, 5) is 0. The van der Waals surface area contributed by atoms with E-state index < -0.39 is 0 Å². The van der Waals surface area contributed by atoms with Crippen molar-refractivity contribution >= 4 is 0 Å². The summed E-state index contributed by atoms with van der Waals surface area (Å²) in [5.74, 6) is 1.48. The molecule has 4 rings (SSSR count). The van der Waals surface area contributed by atoms with Gasteiger partial charge in [-0.25, -0.2) is 0 Å². The van der Waals surface area contributed by atoms with Crippen LogP contribution in [0.25, 0.3) is 0 Å². The smallest absolute Gasteiger partial charge is 0.0369 e. The predicted octanol–water partition coefficient (Wildman–Crippen LogP) is 2.26. The molecule has 3 aliphatic rings. The average Bonchev–Trinajstić information content (AvgIpc) is 3.17. The van der Waals surface area contributed by atoms with Crippen molar-refractivity contribution < 1.29 is 0 Å². The van der Waals surface area contributed by atoms with Crippen molar-refractivity contribution in [3.05, 3.63) is 35.4 Å². The fraction of sp³-hybridized carbons (Fsp3) is 0.647. The first-order valence-electron chi connectivity index (χ1n) is 7.86. The normalized spacial score (nSPS) is 36.9. The second-order valence-electron chi connectivity index (χ2n) is 6.81. The van der Waals surface area contributed by atoms with Gasteiger partial charge in [-0.3, -0.25) is 0 Å². The van der Waals surface area contributed by atoms with E-state index in [1.807, 2.05) is 0 Å². The van der Waals surface area contributed by atoms with Crippen LogP contribution in [0.15, 0.2) is 24.3 Å². The summed E-state index contributed by atoms with van der Waals surface area (Å²) in [5, 5.41) is 3.97. The van der Waals surface area contributed by atoms with Crippen LogP contribution in [0.2, 0.25) is 0 Å².